The number of amides is 1. The number of anilines is 1. The maximum absolute atomic E-state index is 14.0. The second-order valence-electron chi connectivity index (χ2n) is 4.98. The lowest BCUT2D eigenvalue weighted by molar-refractivity contribution is -0.112. The van der Waals surface area contributed by atoms with Gasteiger partial charge in [-0.3, -0.25) is 4.79 Å². The molecule has 0 heterocycles. The molecule has 0 spiro atoms. The van der Waals surface area contributed by atoms with E-state index in [4.69, 9.17) is 4.74 Å². The average molecular weight is 349 g/mol. The van der Waals surface area contributed by atoms with E-state index in [1.54, 1.807) is 43.3 Å². The summed E-state index contributed by atoms with van der Waals surface area (Å²) in [6, 6.07) is 12.0. The Labute approximate surface area is 139 Å². The van der Waals surface area contributed by atoms with Crippen LogP contribution in [0.5, 0.6) is 5.75 Å². The summed E-state index contributed by atoms with van der Waals surface area (Å²) >= 11 is 0. The monoisotopic (exact) mass is 349 g/mol. The highest BCUT2D eigenvalue weighted by molar-refractivity contribution is 7.95. The van der Waals surface area contributed by atoms with Gasteiger partial charge in [0.15, 0.2) is 0 Å². The zero-order chi connectivity index (χ0) is 17.7. The van der Waals surface area contributed by atoms with Gasteiger partial charge in [-0.2, -0.15) is 4.39 Å². The molecule has 0 aliphatic rings. The Morgan fingerprint density at radius 1 is 1.08 bits per heavy atom. The highest BCUT2D eigenvalue weighted by Gasteiger charge is 2.21. The third-order valence-electron chi connectivity index (χ3n) is 3.19. The Morgan fingerprint density at radius 3 is 2.21 bits per heavy atom. The maximum Gasteiger partial charge on any atom is 0.252 e. The van der Waals surface area contributed by atoms with E-state index in [1.807, 2.05) is 0 Å². The third-order valence-corrected chi connectivity index (χ3v) is 4.71. The standard InChI is InChI=1S/C17H16FNO4S/c1-12-3-9-15(10-4-12)24(21,22)16(18)11-17(20)19-13-5-7-14(23-2)8-6-13/h3-11H,1-2H3,(H,19,20). The van der Waals surface area contributed by atoms with Crippen LogP contribution >= 0.6 is 0 Å². The summed E-state index contributed by atoms with van der Waals surface area (Å²) in [6.07, 6.45) is 0.416. The lowest BCUT2D eigenvalue weighted by atomic mass is 10.2. The second-order valence-corrected chi connectivity index (χ2v) is 6.85. The molecule has 2 aromatic rings. The van der Waals surface area contributed by atoms with E-state index in [9.17, 15) is 17.6 Å². The largest absolute Gasteiger partial charge is 0.497 e. The second kappa shape index (κ2) is 7.27. The van der Waals surface area contributed by atoms with Crippen molar-refractivity contribution in [3.05, 3.63) is 65.3 Å². The molecule has 2 aromatic carbocycles. The fourth-order valence-corrected chi connectivity index (χ4v) is 2.85. The van der Waals surface area contributed by atoms with Crippen LogP contribution in [0.25, 0.3) is 0 Å². The summed E-state index contributed by atoms with van der Waals surface area (Å²) in [5.41, 5.74) is 1.23. The van der Waals surface area contributed by atoms with Gasteiger partial charge < -0.3 is 10.1 Å². The van der Waals surface area contributed by atoms with Crippen molar-refractivity contribution in [2.75, 3.05) is 12.4 Å². The van der Waals surface area contributed by atoms with Gasteiger partial charge in [-0.1, -0.05) is 17.7 Å². The van der Waals surface area contributed by atoms with Crippen LogP contribution in [-0.4, -0.2) is 21.4 Å². The number of ether oxygens (including phenoxy) is 1. The van der Waals surface area contributed by atoms with Gasteiger partial charge in [0.25, 0.3) is 5.91 Å². The zero-order valence-electron chi connectivity index (χ0n) is 13.1. The summed E-state index contributed by atoms with van der Waals surface area (Å²) in [5, 5.41) is 0.865. The van der Waals surface area contributed by atoms with E-state index in [-0.39, 0.29) is 4.90 Å². The van der Waals surface area contributed by atoms with Crippen molar-refractivity contribution in [2.45, 2.75) is 11.8 Å². The fraction of sp³-hybridized carbons (Fsp3) is 0.118. The molecular formula is C17H16FNO4S. The van der Waals surface area contributed by atoms with Gasteiger partial charge in [-0.05, 0) is 43.3 Å². The number of carbonyl (C=O) groups excluding carboxylic acids is 1. The van der Waals surface area contributed by atoms with Crippen molar-refractivity contribution >= 4 is 21.4 Å². The van der Waals surface area contributed by atoms with Gasteiger partial charge in [0.1, 0.15) is 5.75 Å². The maximum atomic E-state index is 14.0. The van der Waals surface area contributed by atoms with Crippen molar-refractivity contribution in [1.82, 2.24) is 0 Å². The van der Waals surface area contributed by atoms with Crippen LogP contribution in [0.4, 0.5) is 10.1 Å². The van der Waals surface area contributed by atoms with Gasteiger partial charge in [-0.25, -0.2) is 8.42 Å². The van der Waals surface area contributed by atoms with Crippen LogP contribution in [-0.2, 0) is 14.6 Å². The number of aryl methyl sites for hydroxylation is 1. The van der Waals surface area contributed by atoms with Crippen LogP contribution in [0.3, 0.4) is 0 Å². The SMILES string of the molecule is COc1ccc(NC(=O)C=C(F)S(=O)(=O)c2ccc(C)cc2)cc1. The van der Waals surface area contributed by atoms with E-state index >= 15 is 0 Å². The topological polar surface area (TPSA) is 72.5 Å². The van der Waals surface area contributed by atoms with Crippen molar-refractivity contribution < 1.29 is 22.3 Å². The molecule has 126 valence electrons. The molecule has 1 amide bonds. The van der Waals surface area contributed by atoms with Crippen LogP contribution in [0, 0.1) is 6.92 Å². The quantitative estimate of drug-likeness (QED) is 0.841. The van der Waals surface area contributed by atoms with Gasteiger partial charge >= 0.3 is 0 Å². The Balaban J connectivity index is 2.16. The molecule has 1 N–H and O–H groups in total. The molecule has 0 radical (unpaired) electrons. The molecule has 0 saturated carbocycles. The van der Waals surface area contributed by atoms with E-state index in [1.165, 1.54) is 19.2 Å². The predicted molar refractivity (Wildman–Crippen MR) is 89.2 cm³/mol. The van der Waals surface area contributed by atoms with Gasteiger partial charge in [-0.15, -0.1) is 0 Å². The molecule has 0 atom stereocenters. The predicted octanol–water partition coefficient (Wildman–Crippen LogP) is 3.23. The number of nitrogens with one attached hydrogen (secondary N) is 1. The fourth-order valence-electron chi connectivity index (χ4n) is 1.86. The Kier molecular flexibility index (Phi) is 5.35. The molecule has 0 aliphatic heterocycles. The van der Waals surface area contributed by atoms with E-state index in [0.717, 1.165) is 5.56 Å². The molecule has 0 unspecified atom stereocenters. The number of methoxy groups -OCH3 is 1. The lowest BCUT2D eigenvalue weighted by Crippen LogP contribution is -2.11. The Bertz CT molecular complexity index is 856. The number of hydrogen-bond donors (Lipinski definition) is 1. The number of sulfone groups is 1. The van der Waals surface area contributed by atoms with Gasteiger partial charge in [0, 0.05) is 5.69 Å². The first kappa shape index (κ1) is 17.7. The molecule has 0 fully saturated rings. The van der Waals surface area contributed by atoms with E-state index in [2.05, 4.69) is 5.32 Å². The normalized spacial score (nSPS) is 11.9. The highest BCUT2D eigenvalue weighted by atomic mass is 32.2. The zero-order valence-corrected chi connectivity index (χ0v) is 13.9. The van der Waals surface area contributed by atoms with Crippen LogP contribution in [0.1, 0.15) is 5.56 Å². The minimum atomic E-state index is -4.34. The van der Waals surface area contributed by atoms with Gasteiger partial charge in [0.05, 0.1) is 18.1 Å². The highest BCUT2D eigenvalue weighted by Crippen LogP contribution is 2.21. The molecular weight excluding hydrogens is 333 g/mol. The molecule has 0 aromatic heterocycles. The van der Waals surface area contributed by atoms with Crippen molar-refractivity contribution in [1.29, 1.82) is 0 Å². The van der Waals surface area contributed by atoms with Crippen LogP contribution in [0.15, 0.2) is 64.7 Å². The summed E-state index contributed by atoms with van der Waals surface area (Å²) in [5.74, 6) is -0.287. The number of carbonyl (C=O) groups is 1. The molecule has 0 saturated heterocycles. The molecule has 2 rings (SSSR count). The number of hydrogen-bond acceptors (Lipinski definition) is 4. The molecule has 0 bridgehead atoms. The molecule has 5 nitrogen and oxygen atoms in total. The summed E-state index contributed by atoms with van der Waals surface area (Å²) < 4.78 is 43.2. The third kappa shape index (κ3) is 4.20. The van der Waals surface area contributed by atoms with Gasteiger partial charge in [0.2, 0.25) is 15.0 Å². The first-order valence-corrected chi connectivity index (χ1v) is 8.45. The molecule has 24 heavy (non-hydrogen) atoms. The Hall–Kier alpha value is -2.67. The Morgan fingerprint density at radius 2 is 1.67 bits per heavy atom. The number of benzene rings is 2. The van der Waals surface area contributed by atoms with Crippen molar-refractivity contribution in [2.24, 2.45) is 0 Å². The van der Waals surface area contributed by atoms with Crippen molar-refractivity contribution in [3.8, 4) is 5.75 Å². The number of halogens is 1. The smallest absolute Gasteiger partial charge is 0.252 e. The van der Waals surface area contributed by atoms with Crippen molar-refractivity contribution in [3.63, 3.8) is 0 Å². The van der Waals surface area contributed by atoms with E-state index < -0.39 is 20.9 Å². The minimum absolute atomic E-state index is 0.209. The summed E-state index contributed by atoms with van der Waals surface area (Å²) in [7, 11) is -2.84. The average Bonchev–Trinajstić information content (AvgIpc) is 2.55. The molecule has 0 aliphatic carbocycles. The first-order chi connectivity index (χ1) is 11.3. The lowest BCUT2D eigenvalue weighted by Gasteiger charge is -2.05. The summed E-state index contributed by atoms with van der Waals surface area (Å²) in [4.78, 5) is 11.6. The summed E-state index contributed by atoms with van der Waals surface area (Å²) in [6.45, 7) is 1.78. The van der Waals surface area contributed by atoms with Crippen LogP contribution < -0.4 is 10.1 Å². The minimum Gasteiger partial charge on any atom is -0.497 e. The number of rotatable bonds is 5. The molecule has 7 heteroatoms. The van der Waals surface area contributed by atoms with Crippen LogP contribution in [0.2, 0.25) is 0 Å². The van der Waals surface area contributed by atoms with E-state index in [0.29, 0.717) is 17.5 Å². The first-order valence-electron chi connectivity index (χ1n) is 6.97.